The number of benzene rings is 2. The Hall–Kier alpha value is -2.08. The van der Waals surface area contributed by atoms with Crippen molar-refractivity contribution >= 4 is 21.4 Å². The highest BCUT2D eigenvalue weighted by atomic mass is 32.2. The van der Waals surface area contributed by atoms with Crippen LogP contribution in [0.1, 0.15) is 11.1 Å². The van der Waals surface area contributed by atoms with E-state index in [4.69, 9.17) is 5.73 Å². The van der Waals surface area contributed by atoms with Crippen LogP contribution in [-0.2, 0) is 10.0 Å². The molecule has 6 heteroatoms. The van der Waals surface area contributed by atoms with Crippen LogP contribution in [0.3, 0.4) is 0 Å². The van der Waals surface area contributed by atoms with Crippen LogP contribution < -0.4 is 10.5 Å². The van der Waals surface area contributed by atoms with Gasteiger partial charge >= 0.3 is 0 Å². The highest BCUT2D eigenvalue weighted by Gasteiger charge is 2.18. The monoisotopic (exact) mass is 294 g/mol. The third-order valence-corrected chi connectivity index (χ3v) is 4.57. The summed E-state index contributed by atoms with van der Waals surface area (Å²) in [5.74, 6) is -0.463. The van der Waals surface area contributed by atoms with Crippen LogP contribution in [0.15, 0.2) is 41.3 Å². The van der Waals surface area contributed by atoms with Crippen LogP contribution in [-0.4, -0.2) is 8.42 Å². The van der Waals surface area contributed by atoms with Gasteiger partial charge in [-0.2, -0.15) is 0 Å². The first kappa shape index (κ1) is 14.3. The molecule has 0 saturated heterocycles. The summed E-state index contributed by atoms with van der Waals surface area (Å²) in [4.78, 5) is 0.0819. The van der Waals surface area contributed by atoms with Crippen LogP contribution in [0, 0.1) is 19.7 Å². The Morgan fingerprint density at radius 1 is 1.15 bits per heavy atom. The van der Waals surface area contributed by atoms with E-state index in [0.717, 1.165) is 6.07 Å². The van der Waals surface area contributed by atoms with Gasteiger partial charge in [-0.1, -0.05) is 12.1 Å². The molecule has 2 rings (SSSR count). The molecular formula is C14H15FN2O2S. The number of anilines is 2. The third kappa shape index (κ3) is 2.75. The molecule has 0 spiro atoms. The fraction of sp³-hybridized carbons (Fsp3) is 0.143. The largest absolute Gasteiger partial charge is 0.398 e. The third-order valence-electron chi connectivity index (χ3n) is 3.04. The molecule has 0 fully saturated rings. The first-order chi connectivity index (χ1) is 9.31. The van der Waals surface area contributed by atoms with Gasteiger partial charge in [-0.05, 0) is 49.2 Å². The Balaban J connectivity index is 2.41. The molecule has 3 N–H and O–H groups in total. The zero-order valence-corrected chi connectivity index (χ0v) is 12.0. The van der Waals surface area contributed by atoms with Crippen molar-refractivity contribution in [2.45, 2.75) is 18.7 Å². The Morgan fingerprint density at radius 3 is 2.50 bits per heavy atom. The Labute approximate surface area is 117 Å². The summed E-state index contributed by atoms with van der Waals surface area (Å²) in [6.07, 6.45) is 0. The first-order valence-electron chi connectivity index (χ1n) is 5.95. The minimum absolute atomic E-state index is 0.0819. The van der Waals surface area contributed by atoms with E-state index in [-0.39, 0.29) is 10.6 Å². The number of nitrogens with two attached hydrogens (primary N) is 1. The quantitative estimate of drug-likeness (QED) is 0.855. The van der Waals surface area contributed by atoms with Crippen molar-refractivity contribution in [3.05, 3.63) is 53.3 Å². The fourth-order valence-electron chi connectivity index (χ4n) is 1.79. The molecule has 4 nitrogen and oxygen atoms in total. The van der Waals surface area contributed by atoms with E-state index in [1.807, 2.05) is 0 Å². The fourth-order valence-corrected chi connectivity index (χ4v) is 3.11. The minimum Gasteiger partial charge on any atom is -0.398 e. The molecule has 0 aliphatic rings. The molecule has 0 atom stereocenters. The first-order valence-corrected chi connectivity index (χ1v) is 7.43. The second-order valence-electron chi connectivity index (χ2n) is 4.54. The van der Waals surface area contributed by atoms with E-state index in [1.165, 1.54) is 18.2 Å². The minimum atomic E-state index is -3.79. The van der Waals surface area contributed by atoms with Crippen LogP contribution in [0.4, 0.5) is 15.8 Å². The highest BCUT2D eigenvalue weighted by molar-refractivity contribution is 7.92. The molecular weight excluding hydrogens is 279 g/mol. The van der Waals surface area contributed by atoms with Gasteiger partial charge in [-0.3, -0.25) is 4.72 Å². The standard InChI is InChI=1S/C14H15FN2O2S/c1-9-6-7-11(8-12(9)15)17-20(18,19)14-5-3-4-13(16)10(14)2/h3-8,17H,16H2,1-2H3. The van der Waals surface area contributed by atoms with Crippen molar-refractivity contribution in [1.29, 1.82) is 0 Å². The lowest BCUT2D eigenvalue weighted by molar-refractivity contribution is 0.600. The summed E-state index contributed by atoms with van der Waals surface area (Å²) in [7, 11) is -3.79. The number of rotatable bonds is 3. The van der Waals surface area contributed by atoms with E-state index in [9.17, 15) is 12.8 Å². The molecule has 0 bridgehead atoms. The molecule has 106 valence electrons. The van der Waals surface area contributed by atoms with Gasteiger partial charge in [0.25, 0.3) is 10.0 Å². The summed E-state index contributed by atoms with van der Waals surface area (Å²) >= 11 is 0. The maximum atomic E-state index is 13.4. The lowest BCUT2D eigenvalue weighted by Crippen LogP contribution is -2.15. The number of aryl methyl sites for hydroxylation is 1. The van der Waals surface area contributed by atoms with Gasteiger partial charge in [0.05, 0.1) is 10.6 Å². The summed E-state index contributed by atoms with van der Waals surface area (Å²) in [5, 5.41) is 0. The average molecular weight is 294 g/mol. The molecule has 20 heavy (non-hydrogen) atoms. The zero-order valence-electron chi connectivity index (χ0n) is 11.1. The second-order valence-corrected chi connectivity index (χ2v) is 6.19. The number of halogens is 1. The molecule has 0 amide bonds. The topological polar surface area (TPSA) is 72.2 Å². The van der Waals surface area contributed by atoms with E-state index >= 15 is 0 Å². The Morgan fingerprint density at radius 2 is 1.85 bits per heavy atom. The van der Waals surface area contributed by atoms with Crippen molar-refractivity contribution in [3.8, 4) is 0 Å². The van der Waals surface area contributed by atoms with Gasteiger partial charge in [0, 0.05) is 5.69 Å². The zero-order chi connectivity index (χ0) is 14.9. The average Bonchev–Trinajstić information content (AvgIpc) is 2.36. The van der Waals surface area contributed by atoms with Crippen molar-refractivity contribution in [2.24, 2.45) is 0 Å². The lowest BCUT2D eigenvalue weighted by atomic mass is 10.2. The smallest absolute Gasteiger partial charge is 0.262 e. The van der Waals surface area contributed by atoms with Crippen molar-refractivity contribution < 1.29 is 12.8 Å². The van der Waals surface area contributed by atoms with E-state index in [0.29, 0.717) is 16.8 Å². The molecule has 0 saturated carbocycles. The van der Waals surface area contributed by atoms with E-state index in [2.05, 4.69) is 4.72 Å². The molecule has 0 unspecified atom stereocenters. The number of nitrogens with one attached hydrogen (secondary N) is 1. The highest BCUT2D eigenvalue weighted by Crippen LogP contribution is 2.23. The predicted octanol–water partition coefficient (Wildman–Crippen LogP) is 2.83. The van der Waals surface area contributed by atoms with Gasteiger partial charge in [0.1, 0.15) is 5.82 Å². The number of hydrogen-bond acceptors (Lipinski definition) is 3. The molecule has 0 aromatic heterocycles. The lowest BCUT2D eigenvalue weighted by Gasteiger charge is -2.12. The Bertz CT molecular complexity index is 758. The molecule has 0 heterocycles. The van der Waals surface area contributed by atoms with Crippen molar-refractivity contribution in [2.75, 3.05) is 10.5 Å². The molecule has 2 aromatic carbocycles. The summed E-state index contributed by atoms with van der Waals surface area (Å²) in [6, 6.07) is 8.82. The van der Waals surface area contributed by atoms with Crippen LogP contribution in [0.2, 0.25) is 0 Å². The maximum absolute atomic E-state index is 13.4. The van der Waals surface area contributed by atoms with E-state index in [1.54, 1.807) is 26.0 Å². The van der Waals surface area contributed by atoms with Gasteiger partial charge in [0.2, 0.25) is 0 Å². The summed E-state index contributed by atoms with van der Waals surface area (Å²) in [6.45, 7) is 3.23. The van der Waals surface area contributed by atoms with Crippen LogP contribution in [0.5, 0.6) is 0 Å². The van der Waals surface area contributed by atoms with Gasteiger partial charge in [0.15, 0.2) is 0 Å². The Kier molecular flexibility index (Phi) is 3.67. The van der Waals surface area contributed by atoms with Crippen molar-refractivity contribution in [3.63, 3.8) is 0 Å². The van der Waals surface area contributed by atoms with Gasteiger partial charge < -0.3 is 5.73 Å². The summed E-state index contributed by atoms with van der Waals surface area (Å²) < 4.78 is 40.4. The van der Waals surface area contributed by atoms with Crippen molar-refractivity contribution in [1.82, 2.24) is 0 Å². The SMILES string of the molecule is Cc1ccc(NS(=O)(=O)c2cccc(N)c2C)cc1F. The van der Waals surface area contributed by atoms with Gasteiger partial charge in [-0.25, -0.2) is 12.8 Å². The van der Waals surface area contributed by atoms with Crippen LogP contribution >= 0.6 is 0 Å². The number of sulfonamides is 1. The molecule has 0 aliphatic heterocycles. The van der Waals surface area contributed by atoms with Gasteiger partial charge in [-0.15, -0.1) is 0 Å². The maximum Gasteiger partial charge on any atom is 0.262 e. The molecule has 0 radical (unpaired) electrons. The van der Waals surface area contributed by atoms with Crippen LogP contribution in [0.25, 0.3) is 0 Å². The molecule has 2 aromatic rings. The second kappa shape index (κ2) is 5.13. The normalized spacial score (nSPS) is 11.3. The number of nitrogen functional groups attached to an aromatic ring is 1. The number of hydrogen-bond donors (Lipinski definition) is 2. The predicted molar refractivity (Wildman–Crippen MR) is 77.5 cm³/mol. The summed E-state index contributed by atoms with van der Waals surface area (Å²) in [5.41, 5.74) is 7.19. The molecule has 0 aliphatic carbocycles. The van der Waals surface area contributed by atoms with E-state index < -0.39 is 15.8 Å².